The third-order valence-corrected chi connectivity index (χ3v) is 9.98. The van der Waals surface area contributed by atoms with Gasteiger partial charge in [0.1, 0.15) is 17.8 Å². The highest BCUT2D eigenvalue weighted by atomic mass is 16.6. The van der Waals surface area contributed by atoms with Crippen molar-refractivity contribution in [1.82, 2.24) is 0 Å². The van der Waals surface area contributed by atoms with Gasteiger partial charge in [0.05, 0.1) is 12.2 Å². The summed E-state index contributed by atoms with van der Waals surface area (Å²) in [6.45, 7) is 9.74. The molecular formula is C37H44O8. The Bertz CT molecular complexity index is 1460. The lowest BCUT2D eigenvalue weighted by atomic mass is 9.60. The zero-order valence-electron chi connectivity index (χ0n) is 26.4. The number of aliphatic hydroxyl groups excluding tert-OH is 1. The van der Waals surface area contributed by atoms with Crippen LogP contribution in [0.4, 0.5) is 0 Å². The Morgan fingerprint density at radius 2 is 1.58 bits per heavy atom. The zero-order valence-corrected chi connectivity index (χ0v) is 26.4. The van der Waals surface area contributed by atoms with Gasteiger partial charge in [0, 0.05) is 42.6 Å². The van der Waals surface area contributed by atoms with E-state index in [0.29, 0.717) is 11.1 Å². The van der Waals surface area contributed by atoms with Gasteiger partial charge in [0.2, 0.25) is 0 Å². The minimum Gasteiger partial charge on any atom is -0.462 e. The molecule has 0 spiro atoms. The Morgan fingerprint density at radius 3 is 2.13 bits per heavy atom. The summed E-state index contributed by atoms with van der Waals surface area (Å²) in [6, 6.07) is 0. The van der Waals surface area contributed by atoms with Gasteiger partial charge in [-0.15, -0.1) is 0 Å². The molecule has 4 aliphatic rings. The number of fused-ring (bicyclic) bond motifs is 5. The fourth-order valence-corrected chi connectivity index (χ4v) is 7.94. The number of allylic oxidation sites excluding steroid dienone is 12. The van der Waals surface area contributed by atoms with Crippen molar-refractivity contribution in [3.8, 4) is 0 Å². The van der Waals surface area contributed by atoms with Crippen LogP contribution < -0.4 is 0 Å². The molecule has 240 valence electrons. The first kappa shape index (κ1) is 34.0. The maximum Gasteiger partial charge on any atom is 0.330 e. The molecule has 0 aromatic heterocycles. The summed E-state index contributed by atoms with van der Waals surface area (Å²) < 4.78 is 11.7. The van der Waals surface area contributed by atoms with Crippen LogP contribution in [-0.4, -0.2) is 63.1 Å². The largest absolute Gasteiger partial charge is 0.462 e. The van der Waals surface area contributed by atoms with Crippen molar-refractivity contribution in [2.45, 2.75) is 57.3 Å². The van der Waals surface area contributed by atoms with Crippen LogP contribution in [0, 0.1) is 29.1 Å². The molecule has 2 saturated carbocycles. The van der Waals surface area contributed by atoms with Crippen molar-refractivity contribution in [2.75, 3.05) is 13.2 Å². The van der Waals surface area contributed by atoms with Gasteiger partial charge < -0.3 is 24.8 Å². The summed E-state index contributed by atoms with van der Waals surface area (Å²) in [6.07, 6.45) is 26.4. The van der Waals surface area contributed by atoms with E-state index in [-0.39, 0.29) is 19.4 Å². The minimum absolute atomic E-state index is 0.0810. The van der Waals surface area contributed by atoms with Crippen LogP contribution in [0.5, 0.6) is 0 Å². The number of hydrogen-bond acceptors (Lipinski definition) is 8. The molecule has 0 saturated heterocycles. The maximum absolute atomic E-state index is 13.1. The van der Waals surface area contributed by atoms with Crippen LogP contribution in [0.3, 0.4) is 0 Å². The van der Waals surface area contributed by atoms with E-state index in [1.165, 1.54) is 13.0 Å². The molecule has 0 aromatic rings. The normalized spacial score (nSPS) is 37.6. The van der Waals surface area contributed by atoms with Gasteiger partial charge in [0.25, 0.3) is 0 Å². The second-order valence-electron chi connectivity index (χ2n) is 12.8. The predicted molar refractivity (Wildman–Crippen MR) is 171 cm³/mol. The van der Waals surface area contributed by atoms with E-state index in [1.54, 1.807) is 43.4 Å². The fraction of sp³-hybridized carbons (Fsp3) is 0.432. The zero-order chi connectivity index (χ0) is 33.0. The highest BCUT2D eigenvalue weighted by molar-refractivity contribution is 6.04. The Morgan fingerprint density at radius 1 is 1.00 bits per heavy atom. The molecule has 8 nitrogen and oxygen atoms in total. The number of rotatable bonds is 11. The first-order valence-corrected chi connectivity index (χ1v) is 15.3. The van der Waals surface area contributed by atoms with E-state index in [2.05, 4.69) is 6.58 Å². The summed E-state index contributed by atoms with van der Waals surface area (Å²) >= 11 is 0. The minimum atomic E-state index is -1.89. The topological polar surface area (TPSA) is 130 Å². The standard InChI is InChI=1S/C37H44O8/c1-6-7-8-9-10-11-12-13-14-15-16-17-18-31(40)44-24-34(5)32-29-20-28(23-38)22-35(42)30(19-25(2)33(35)41)37(29,43)26(3)21-36(32,34)45-27(4)39/h6-20,26,29-30,32,38,42-43H,1,21-24H2,2-5H3/t26-,29+,30-,32-,34-,35-,36+,37-/m1/s1. The molecule has 0 unspecified atom stereocenters. The van der Waals surface area contributed by atoms with Gasteiger partial charge in [-0.3, -0.25) is 9.59 Å². The number of hydrogen-bond donors (Lipinski definition) is 3. The summed E-state index contributed by atoms with van der Waals surface area (Å²) in [5.41, 5.74) is -4.60. The Labute approximate surface area is 265 Å². The van der Waals surface area contributed by atoms with E-state index < -0.39 is 70.2 Å². The molecule has 3 N–H and O–H groups in total. The third kappa shape index (κ3) is 6.07. The predicted octanol–water partition coefficient (Wildman–Crippen LogP) is 4.58. The molecule has 2 fully saturated rings. The van der Waals surface area contributed by atoms with Crippen molar-refractivity contribution >= 4 is 17.7 Å². The number of ketones is 1. The molecule has 0 bridgehead atoms. The summed E-state index contributed by atoms with van der Waals surface area (Å²) in [5, 5.41) is 34.4. The van der Waals surface area contributed by atoms with Gasteiger partial charge >= 0.3 is 11.9 Å². The summed E-state index contributed by atoms with van der Waals surface area (Å²) in [5.74, 6) is -4.16. The first-order valence-electron chi connectivity index (χ1n) is 15.3. The monoisotopic (exact) mass is 616 g/mol. The van der Waals surface area contributed by atoms with E-state index in [0.717, 1.165) is 0 Å². The maximum atomic E-state index is 13.1. The number of ether oxygens (including phenoxy) is 2. The highest BCUT2D eigenvalue weighted by Gasteiger charge is 2.85. The van der Waals surface area contributed by atoms with Crippen LogP contribution in [0.2, 0.25) is 0 Å². The number of aliphatic hydroxyl groups is 3. The second kappa shape index (κ2) is 13.3. The third-order valence-electron chi connectivity index (χ3n) is 9.98. The first-order chi connectivity index (χ1) is 21.3. The van der Waals surface area contributed by atoms with Crippen LogP contribution in [-0.2, 0) is 23.9 Å². The SMILES string of the molecule is C=CC=CC=CC=CC=CC=CC=CC(=O)OC[C@]1(C)[C@H]2[C@@H]3C=C(CO)C[C@]4(O)C(=O)C(C)=C[C@H]4[C@@]3(O)[C@H](C)C[C@]21OC(C)=O. The summed E-state index contributed by atoms with van der Waals surface area (Å²) in [7, 11) is 0. The average molecular weight is 617 g/mol. The second-order valence-corrected chi connectivity index (χ2v) is 12.8. The van der Waals surface area contributed by atoms with Gasteiger partial charge in [-0.25, -0.2) is 4.79 Å². The lowest BCUT2D eigenvalue weighted by Gasteiger charge is -2.50. The number of esters is 2. The van der Waals surface area contributed by atoms with Crippen molar-refractivity contribution in [1.29, 1.82) is 0 Å². The fourth-order valence-electron chi connectivity index (χ4n) is 7.94. The number of carbonyl (C=O) groups excluding carboxylic acids is 3. The van der Waals surface area contributed by atoms with Crippen molar-refractivity contribution in [3.63, 3.8) is 0 Å². The van der Waals surface area contributed by atoms with Gasteiger partial charge in [-0.1, -0.05) is 105 Å². The molecule has 0 amide bonds. The smallest absolute Gasteiger partial charge is 0.330 e. The van der Waals surface area contributed by atoms with Crippen LogP contribution in [0.15, 0.2) is 109 Å². The van der Waals surface area contributed by atoms with Gasteiger partial charge in [-0.2, -0.15) is 0 Å². The average Bonchev–Trinajstić information content (AvgIpc) is 3.43. The Kier molecular flexibility index (Phi) is 10.0. The molecule has 4 aliphatic carbocycles. The Hall–Kier alpha value is -3.85. The Balaban J connectivity index is 1.51. The highest BCUT2D eigenvalue weighted by Crippen LogP contribution is 2.76. The molecular weight excluding hydrogens is 572 g/mol. The molecule has 45 heavy (non-hydrogen) atoms. The van der Waals surface area contributed by atoms with E-state index in [1.807, 2.05) is 62.5 Å². The van der Waals surface area contributed by atoms with Gasteiger partial charge in [-0.05, 0) is 30.4 Å². The van der Waals surface area contributed by atoms with Crippen molar-refractivity contribution in [3.05, 3.63) is 109 Å². The molecule has 0 heterocycles. The van der Waals surface area contributed by atoms with E-state index in [9.17, 15) is 29.7 Å². The molecule has 0 aliphatic heterocycles. The van der Waals surface area contributed by atoms with Crippen LogP contribution >= 0.6 is 0 Å². The van der Waals surface area contributed by atoms with Crippen molar-refractivity contribution < 1.29 is 39.2 Å². The molecule has 8 heteroatoms. The lowest BCUT2D eigenvalue weighted by molar-refractivity contribution is -0.186. The number of Topliss-reactive ketones (excluding diaryl/α,β-unsaturated/α-hetero) is 1. The van der Waals surface area contributed by atoms with Crippen LogP contribution in [0.1, 0.15) is 40.5 Å². The van der Waals surface area contributed by atoms with Crippen LogP contribution in [0.25, 0.3) is 0 Å². The van der Waals surface area contributed by atoms with E-state index >= 15 is 0 Å². The van der Waals surface area contributed by atoms with E-state index in [4.69, 9.17) is 9.47 Å². The molecule has 0 radical (unpaired) electrons. The van der Waals surface area contributed by atoms with Crippen molar-refractivity contribution in [2.24, 2.45) is 29.1 Å². The quantitative estimate of drug-likeness (QED) is 0.133. The number of carbonyl (C=O) groups is 3. The van der Waals surface area contributed by atoms with Gasteiger partial charge in [0.15, 0.2) is 5.78 Å². The molecule has 0 aromatic carbocycles. The summed E-state index contributed by atoms with van der Waals surface area (Å²) in [4.78, 5) is 38.2. The molecule has 4 rings (SSSR count). The lowest BCUT2D eigenvalue weighted by Crippen LogP contribution is -2.61. The molecule has 8 atom stereocenters.